The fraction of sp³-hybridized carbons (Fsp3) is 0.0667. The monoisotopic (exact) mass is 257 g/mol. The lowest BCUT2D eigenvalue weighted by atomic mass is 10.2. The van der Waals surface area contributed by atoms with Crippen LogP contribution in [0.3, 0.4) is 0 Å². The van der Waals surface area contributed by atoms with Gasteiger partial charge in [0, 0.05) is 5.50 Å². The number of benzene rings is 2. The van der Waals surface area contributed by atoms with Gasteiger partial charge in [-0.3, -0.25) is 0 Å². The Kier molecular flexibility index (Phi) is 4.60. The lowest BCUT2D eigenvalue weighted by Crippen LogP contribution is -2.30. The molecule has 0 aromatic heterocycles. The SMILES string of the molecule is ClC[Si](/C=C/c1ccccc1)c1ccccc1. The fourth-order valence-electron chi connectivity index (χ4n) is 1.63. The van der Waals surface area contributed by atoms with E-state index in [1.165, 1.54) is 10.8 Å². The van der Waals surface area contributed by atoms with Gasteiger partial charge in [-0.1, -0.05) is 77.6 Å². The predicted octanol–water partition coefficient (Wildman–Crippen LogP) is 3.42. The first kappa shape index (κ1) is 12.2. The highest BCUT2D eigenvalue weighted by Gasteiger charge is 2.07. The molecule has 0 aliphatic rings. The highest BCUT2D eigenvalue weighted by Crippen LogP contribution is 2.03. The maximum atomic E-state index is 6.06. The Balaban J connectivity index is 2.14. The van der Waals surface area contributed by atoms with Gasteiger partial charge >= 0.3 is 0 Å². The van der Waals surface area contributed by atoms with E-state index in [-0.39, 0.29) is 0 Å². The first-order chi connectivity index (χ1) is 8.40. The van der Waals surface area contributed by atoms with Crippen molar-refractivity contribution < 1.29 is 0 Å². The van der Waals surface area contributed by atoms with Gasteiger partial charge in [-0.15, -0.1) is 11.6 Å². The van der Waals surface area contributed by atoms with Crippen LogP contribution in [0.5, 0.6) is 0 Å². The number of halogens is 1. The Hall–Kier alpha value is -1.31. The van der Waals surface area contributed by atoms with Crippen LogP contribution in [-0.2, 0) is 0 Å². The molecule has 0 unspecified atom stereocenters. The predicted molar refractivity (Wildman–Crippen MR) is 78.0 cm³/mol. The third kappa shape index (κ3) is 3.58. The summed E-state index contributed by atoms with van der Waals surface area (Å²) in [6.45, 7) is 0. The van der Waals surface area contributed by atoms with E-state index in [1.54, 1.807) is 0 Å². The standard InChI is InChI=1S/C15H14ClSi/c16-13-17(15-9-5-2-6-10-15)12-11-14-7-3-1-4-8-14/h1-12H,13H2/b12-11+. The van der Waals surface area contributed by atoms with Crippen LogP contribution in [-0.4, -0.2) is 14.3 Å². The molecule has 85 valence electrons. The highest BCUT2D eigenvalue weighted by atomic mass is 35.5. The van der Waals surface area contributed by atoms with Crippen LogP contribution in [0.4, 0.5) is 0 Å². The number of alkyl halides is 1. The summed E-state index contributed by atoms with van der Waals surface area (Å²) in [5.74, 6) is 0. The van der Waals surface area contributed by atoms with Crippen LogP contribution in [0.25, 0.3) is 6.08 Å². The zero-order valence-corrected chi connectivity index (χ0v) is 11.3. The van der Waals surface area contributed by atoms with E-state index in [2.05, 4.69) is 60.3 Å². The smallest absolute Gasteiger partial charge is 0.128 e. The van der Waals surface area contributed by atoms with Crippen LogP contribution >= 0.6 is 11.6 Å². The molecule has 0 atom stereocenters. The van der Waals surface area contributed by atoms with Crippen LogP contribution in [0, 0.1) is 0 Å². The molecule has 0 saturated carbocycles. The Morgan fingerprint density at radius 2 is 1.47 bits per heavy atom. The first-order valence-corrected chi connectivity index (χ1v) is 7.92. The van der Waals surface area contributed by atoms with Gasteiger partial charge in [-0.2, -0.15) is 0 Å². The summed E-state index contributed by atoms with van der Waals surface area (Å²) in [5.41, 5.74) is 4.21. The van der Waals surface area contributed by atoms with E-state index >= 15 is 0 Å². The van der Waals surface area contributed by atoms with Gasteiger partial charge in [0.25, 0.3) is 0 Å². The van der Waals surface area contributed by atoms with Crippen molar-refractivity contribution in [1.82, 2.24) is 0 Å². The molecule has 0 nitrogen and oxygen atoms in total. The molecule has 2 aromatic rings. The maximum absolute atomic E-state index is 6.06. The van der Waals surface area contributed by atoms with E-state index in [1.807, 2.05) is 12.1 Å². The van der Waals surface area contributed by atoms with Gasteiger partial charge in [0.2, 0.25) is 0 Å². The molecule has 0 N–H and O–H groups in total. The van der Waals surface area contributed by atoms with Crippen LogP contribution in [0.15, 0.2) is 66.4 Å². The Labute approximate surface area is 109 Å². The average molecular weight is 258 g/mol. The summed E-state index contributed by atoms with van der Waals surface area (Å²) in [6.07, 6.45) is 2.17. The largest absolute Gasteiger partial charge is 0.130 e. The number of hydrogen-bond acceptors (Lipinski definition) is 0. The van der Waals surface area contributed by atoms with Crippen molar-refractivity contribution in [3.63, 3.8) is 0 Å². The molecule has 0 heterocycles. The van der Waals surface area contributed by atoms with Crippen molar-refractivity contribution in [2.24, 2.45) is 0 Å². The summed E-state index contributed by atoms with van der Waals surface area (Å²) >= 11 is 6.06. The maximum Gasteiger partial charge on any atom is 0.128 e. The van der Waals surface area contributed by atoms with Crippen molar-refractivity contribution >= 4 is 31.7 Å². The second kappa shape index (κ2) is 6.43. The van der Waals surface area contributed by atoms with Crippen LogP contribution < -0.4 is 5.19 Å². The van der Waals surface area contributed by atoms with Gasteiger partial charge in [0.05, 0.1) is 0 Å². The van der Waals surface area contributed by atoms with Crippen molar-refractivity contribution in [3.8, 4) is 0 Å². The number of rotatable bonds is 4. The molecule has 2 rings (SSSR count). The first-order valence-electron chi connectivity index (χ1n) is 5.60. The highest BCUT2D eigenvalue weighted by molar-refractivity contribution is 6.83. The van der Waals surface area contributed by atoms with Gasteiger partial charge in [-0.25, -0.2) is 0 Å². The molecule has 0 fully saturated rings. The second-order valence-corrected chi connectivity index (χ2v) is 6.80. The second-order valence-electron chi connectivity index (χ2n) is 3.77. The van der Waals surface area contributed by atoms with Crippen molar-refractivity contribution in [2.75, 3.05) is 5.50 Å². The molecule has 2 heteroatoms. The summed E-state index contributed by atoms with van der Waals surface area (Å²) in [5, 5.41) is 1.36. The molecular weight excluding hydrogens is 244 g/mol. The molecule has 0 aliphatic heterocycles. The lowest BCUT2D eigenvalue weighted by molar-refractivity contribution is 1.66. The van der Waals surface area contributed by atoms with E-state index in [9.17, 15) is 0 Å². The molecule has 0 bridgehead atoms. The molecular formula is C15H14ClSi. The topological polar surface area (TPSA) is 0 Å². The Morgan fingerprint density at radius 3 is 2.06 bits per heavy atom. The van der Waals surface area contributed by atoms with E-state index < -0.39 is 8.80 Å². The Bertz CT molecular complexity index is 465. The van der Waals surface area contributed by atoms with Gasteiger partial charge in [0.1, 0.15) is 8.80 Å². The van der Waals surface area contributed by atoms with E-state index in [0.717, 1.165) is 0 Å². The molecule has 0 saturated heterocycles. The quantitative estimate of drug-likeness (QED) is 0.582. The molecule has 2 aromatic carbocycles. The fourth-order valence-corrected chi connectivity index (χ4v) is 3.81. The summed E-state index contributed by atoms with van der Waals surface area (Å²) in [7, 11) is -0.774. The van der Waals surface area contributed by atoms with Crippen molar-refractivity contribution in [2.45, 2.75) is 0 Å². The van der Waals surface area contributed by atoms with Crippen LogP contribution in [0.1, 0.15) is 5.56 Å². The summed E-state index contributed by atoms with van der Waals surface area (Å²) in [4.78, 5) is 0. The zero-order chi connectivity index (χ0) is 11.9. The summed E-state index contributed by atoms with van der Waals surface area (Å²) in [6, 6.07) is 20.8. The molecule has 17 heavy (non-hydrogen) atoms. The van der Waals surface area contributed by atoms with E-state index in [0.29, 0.717) is 5.50 Å². The molecule has 0 amide bonds. The lowest BCUT2D eigenvalue weighted by Gasteiger charge is -2.06. The minimum atomic E-state index is -0.774. The minimum Gasteiger partial charge on any atom is -0.130 e. The average Bonchev–Trinajstić information content (AvgIpc) is 2.42. The summed E-state index contributed by atoms with van der Waals surface area (Å²) < 4.78 is 0. The molecule has 1 radical (unpaired) electrons. The Morgan fingerprint density at radius 1 is 0.882 bits per heavy atom. The van der Waals surface area contributed by atoms with Gasteiger partial charge < -0.3 is 0 Å². The molecule has 0 aliphatic carbocycles. The molecule has 0 spiro atoms. The van der Waals surface area contributed by atoms with Crippen LogP contribution in [0.2, 0.25) is 0 Å². The normalized spacial score (nSPS) is 11.2. The zero-order valence-electron chi connectivity index (χ0n) is 9.51. The van der Waals surface area contributed by atoms with Crippen molar-refractivity contribution in [1.29, 1.82) is 0 Å². The number of hydrogen-bond donors (Lipinski definition) is 0. The third-order valence-electron chi connectivity index (χ3n) is 2.57. The van der Waals surface area contributed by atoms with Gasteiger partial charge in [0.15, 0.2) is 0 Å². The van der Waals surface area contributed by atoms with E-state index in [4.69, 9.17) is 11.6 Å². The third-order valence-corrected chi connectivity index (χ3v) is 5.36. The van der Waals surface area contributed by atoms with Gasteiger partial charge in [-0.05, 0) is 5.56 Å². The minimum absolute atomic E-state index is 0.706. The van der Waals surface area contributed by atoms with Crippen molar-refractivity contribution in [3.05, 3.63) is 71.9 Å².